The summed E-state index contributed by atoms with van der Waals surface area (Å²) >= 11 is 1.40. The number of rotatable bonds is 5. The van der Waals surface area contributed by atoms with Gasteiger partial charge in [-0.05, 0) is 37.0 Å². The zero-order valence-electron chi connectivity index (χ0n) is 12.6. The van der Waals surface area contributed by atoms with Crippen molar-refractivity contribution in [2.75, 3.05) is 11.5 Å². The second-order valence-electron chi connectivity index (χ2n) is 5.75. The molecule has 5 nitrogen and oxygen atoms in total. The maximum absolute atomic E-state index is 12.9. The fraction of sp³-hybridized carbons (Fsp3) is 0.467. The SMILES string of the molecule is C[C@@H](Sc1nnc(C[C@H]2CCS(=O)(=O)C2)o1)c1ccc(F)cc1. The lowest BCUT2D eigenvalue weighted by molar-refractivity contribution is 0.389. The van der Waals surface area contributed by atoms with Crippen LogP contribution < -0.4 is 0 Å². The molecule has 1 fully saturated rings. The Labute approximate surface area is 138 Å². The van der Waals surface area contributed by atoms with Crippen LogP contribution in [-0.4, -0.2) is 30.1 Å². The van der Waals surface area contributed by atoms with Crippen molar-refractivity contribution in [3.05, 3.63) is 41.5 Å². The van der Waals surface area contributed by atoms with E-state index in [0.717, 1.165) is 5.56 Å². The van der Waals surface area contributed by atoms with Gasteiger partial charge in [0, 0.05) is 11.7 Å². The first-order chi connectivity index (χ1) is 10.9. The first-order valence-corrected chi connectivity index (χ1v) is 10.1. The van der Waals surface area contributed by atoms with Crippen LogP contribution in [0.2, 0.25) is 0 Å². The maximum Gasteiger partial charge on any atom is 0.277 e. The Bertz CT molecular complexity index is 774. The Morgan fingerprint density at radius 1 is 1.35 bits per heavy atom. The van der Waals surface area contributed by atoms with Gasteiger partial charge in [0.15, 0.2) is 9.84 Å². The Morgan fingerprint density at radius 3 is 2.74 bits per heavy atom. The molecule has 3 rings (SSSR count). The molecule has 23 heavy (non-hydrogen) atoms. The van der Waals surface area contributed by atoms with Gasteiger partial charge in [0.1, 0.15) is 5.82 Å². The summed E-state index contributed by atoms with van der Waals surface area (Å²) in [5.41, 5.74) is 0.970. The Morgan fingerprint density at radius 2 is 2.09 bits per heavy atom. The summed E-state index contributed by atoms with van der Waals surface area (Å²) < 4.78 is 41.5. The Balaban J connectivity index is 1.60. The molecule has 2 atom stereocenters. The van der Waals surface area contributed by atoms with Crippen LogP contribution in [0.1, 0.15) is 30.0 Å². The lowest BCUT2D eigenvalue weighted by atomic mass is 10.1. The van der Waals surface area contributed by atoms with Crippen LogP contribution >= 0.6 is 11.8 Å². The lowest BCUT2D eigenvalue weighted by Crippen LogP contribution is -2.07. The molecule has 0 aliphatic carbocycles. The van der Waals surface area contributed by atoms with Gasteiger partial charge in [-0.2, -0.15) is 0 Å². The van der Waals surface area contributed by atoms with E-state index in [-0.39, 0.29) is 28.5 Å². The average molecular weight is 356 g/mol. The highest BCUT2D eigenvalue weighted by Crippen LogP contribution is 2.34. The molecule has 0 bridgehead atoms. The van der Waals surface area contributed by atoms with Crippen LogP contribution in [0.4, 0.5) is 4.39 Å². The molecule has 1 aliphatic rings. The Kier molecular flexibility index (Phi) is 4.72. The fourth-order valence-corrected chi connectivity index (χ4v) is 5.29. The molecule has 0 spiro atoms. The topological polar surface area (TPSA) is 73.1 Å². The normalized spacial score (nSPS) is 21.4. The molecule has 0 radical (unpaired) electrons. The van der Waals surface area contributed by atoms with Gasteiger partial charge >= 0.3 is 0 Å². The molecule has 124 valence electrons. The third-order valence-corrected chi connectivity index (χ3v) is 6.68. The second-order valence-corrected chi connectivity index (χ2v) is 9.27. The largest absolute Gasteiger partial charge is 0.416 e. The number of sulfone groups is 1. The minimum atomic E-state index is -2.89. The van der Waals surface area contributed by atoms with Crippen LogP contribution in [-0.2, 0) is 16.3 Å². The van der Waals surface area contributed by atoms with Gasteiger partial charge in [-0.3, -0.25) is 0 Å². The molecule has 1 aromatic heterocycles. The van der Waals surface area contributed by atoms with Crippen LogP contribution in [0.15, 0.2) is 33.9 Å². The fourth-order valence-electron chi connectivity index (χ4n) is 2.60. The van der Waals surface area contributed by atoms with Crippen molar-refractivity contribution in [3.63, 3.8) is 0 Å². The zero-order valence-corrected chi connectivity index (χ0v) is 14.2. The second kappa shape index (κ2) is 6.60. The third kappa shape index (κ3) is 4.32. The number of hydrogen-bond donors (Lipinski definition) is 0. The van der Waals surface area contributed by atoms with Gasteiger partial charge in [0.25, 0.3) is 5.22 Å². The van der Waals surface area contributed by atoms with E-state index in [0.29, 0.717) is 24.0 Å². The molecular formula is C15H17FN2O3S2. The van der Waals surface area contributed by atoms with Gasteiger partial charge in [0.05, 0.1) is 11.5 Å². The minimum absolute atomic E-state index is 0.0516. The highest BCUT2D eigenvalue weighted by molar-refractivity contribution is 7.99. The number of aromatic nitrogens is 2. The average Bonchev–Trinajstić information content (AvgIpc) is 3.06. The predicted octanol–water partition coefficient (Wildman–Crippen LogP) is 3.04. The molecule has 0 unspecified atom stereocenters. The van der Waals surface area contributed by atoms with Gasteiger partial charge in [0.2, 0.25) is 5.89 Å². The Hall–Kier alpha value is -1.41. The van der Waals surface area contributed by atoms with E-state index in [9.17, 15) is 12.8 Å². The summed E-state index contributed by atoms with van der Waals surface area (Å²) in [4.78, 5) is 0. The van der Waals surface area contributed by atoms with Crippen LogP contribution in [0, 0.1) is 11.7 Å². The summed E-state index contributed by atoms with van der Waals surface area (Å²) in [5.74, 6) is 0.713. The summed E-state index contributed by atoms with van der Waals surface area (Å²) in [5, 5.41) is 8.49. The van der Waals surface area contributed by atoms with Crippen molar-refractivity contribution in [1.29, 1.82) is 0 Å². The molecule has 1 aliphatic heterocycles. The number of nitrogens with zero attached hydrogens (tertiary/aromatic N) is 2. The van der Waals surface area contributed by atoms with Gasteiger partial charge in [-0.15, -0.1) is 10.2 Å². The number of halogens is 1. The quantitative estimate of drug-likeness (QED) is 0.767. The number of hydrogen-bond acceptors (Lipinski definition) is 6. The zero-order chi connectivity index (χ0) is 16.4. The molecule has 8 heteroatoms. The van der Waals surface area contributed by atoms with E-state index in [4.69, 9.17) is 4.42 Å². The van der Waals surface area contributed by atoms with Crippen LogP contribution in [0.25, 0.3) is 0 Å². The predicted molar refractivity (Wildman–Crippen MR) is 85.4 cm³/mol. The van der Waals surface area contributed by atoms with Crippen molar-refractivity contribution in [3.8, 4) is 0 Å². The standard InChI is InChI=1S/C15H17FN2O3S2/c1-10(12-2-4-13(16)5-3-12)22-15-18-17-14(21-15)8-11-6-7-23(19,20)9-11/h2-5,10-11H,6-9H2,1H3/t10-,11-/m1/s1. The van der Waals surface area contributed by atoms with E-state index in [1.165, 1.54) is 23.9 Å². The number of thioether (sulfide) groups is 1. The molecular weight excluding hydrogens is 339 g/mol. The van der Waals surface area contributed by atoms with Crippen molar-refractivity contribution >= 4 is 21.6 Å². The first kappa shape index (κ1) is 16.4. The van der Waals surface area contributed by atoms with Crippen molar-refractivity contribution in [2.24, 2.45) is 5.92 Å². The molecule has 0 amide bonds. The highest BCUT2D eigenvalue weighted by Gasteiger charge is 2.29. The van der Waals surface area contributed by atoms with E-state index in [1.54, 1.807) is 12.1 Å². The van der Waals surface area contributed by atoms with Crippen molar-refractivity contribution < 1.29 is 17.2 Å². The number of benzene rings is 1. The highest BCUT2D eigenvalue weighted by atomic mass is 32.2. The summed E-state index contributed by atoms with van der Waals surface area (Å²) in [7, 11) is -2.89. The summed E-state index contributed by atoms with van der Waals surface area (Å²) in [6, 6.07) is 6.31. The molecule has 1 saturated heterocycles. The van der Waals surface area contributed by atoms with E-state index in [1.807, 2.05) is 6.92 Å². The lowest BCUT2D eigenvalue weighted by Gasteiger charge is -2.08. The minimum Gasteiger partial charge on any atom is -0.416 e. The monoisotopic (exact) mass is 356 g/mol. The molecule has 1 aromatic carbocycles. The van der Waals surface area contributed by atoms with E-state index < -0.39 is 9.84 Å². The first-order valence-electron chi connectivity index (χ1n) is 7.36. The third-order valence-electron chi connectivity index (χ3n) is 3.86. The smallest absolute Gasteiger partial charge is 0.277 e. The maximum atomic E-state index is 12.9. The van der Waals surface area contributed by atoms with E-state index >= 15 is 0 Å². The summed E-state index contributed by atoms with van der Waals surface area (Å²) in [6.45, 7) is 1.98. The van der Waals surface area contributed by atoms with Crippen molar-refractivity contribution in [2.45, 2.75) is 30.2 Å². The van der Waals surface area contributed by atoms with Crippen LogP contribution in [0.5, 0.6) is 0 Å². The molecule has 2 aromatic rings. The molecule has 2 heterocycles. The van der Waals surface area contributed by atoms with Crippen LogP contribution in [0.3, 0.4) is 0 Å². The molecule has 0 saturated carbocycles. The van der Waals surface area contributed by atoms with Gasteiger partial charge < -0.3 is 4.42 Å². The van der Waals surface area contributed by atoms with Gasteiger partial charge in [-0.25, -0.2) is 12.8 Å². The summed E-state index contributed by atoms with van der Waals surface area (Å²) in [6.07, 6.45) is 1.15. The molecule has 0 N–H and O–H groups in total. The van der Waals surface area contributed by atoms with E-state index in [2.05, 4.69) is 10.2 Å². The van der Waals surface area contributed by atoms with Crippen molar-refractivity contribution in [1.82, 2.24) is 10.2 Å². The van der Waals surface area contributed by atoms with Gasteiger partial charge in [-0.1, -0.05) is 23.9 Å².